The molecule has 0 spiro atoms. The first-order chi connectivity index (χ1) is 9.06. The second kappa shape index (κ2) is 4.68. The highest BCUT2D eigenvalue weighted by Gasteiger charge is 2.31. The first-order valence-electron chi connectivity index (χ1n) is 6.48. The second-order valence-electron chi connectivity index (χ2n) is 5.05. The summed E-state index contributed by atoms with van der Waals surface area (Å²) in [7, 11) is -3.48. The highest BCUT2D eigenvalue weighted by atomic mass is 32.2. The SMILES string of the molecule is C[C@H](NS(=O)(=O)c1ccc2c(c1)OCCO2)C1CC1. The molecule has 1 N–H and O–H groups in total. The molecule has 0 saturated heterocycles. The van der Waals surface area contributed by atoms with Crippen molar-refractivity contribution in [1.29, 1.82) is 0 Å². The molecule has 104 valence electrons. The molecule has 1 saturated carbocycles. The molecule has 3 rings (SSSR count). The van der Waals surface area contributed by atoms with Crippen LogP contribution in [-0.4, -0.2) is 27.7 Å². The maximum Gasteiger partial charge on any atom is 0.240 e. The molecule has 0 bridgehead atoms. The smallest absolute Gasteiger partial charge is 0.240 e. The van der Waals surface area contributed by atoms with Gasteiger partial charge in [-0.05, 0) is 37.8 Å². The summed E-state index contributed by atoms with van der Waals surface area (Å²) in [6, 6.07) is 4.70. The normalized spacial score (nSPS) is 20.1. The lowest BCUT2D eigenvalue weighted by atomic mass is 10.2. The molecule has 2 aliphatic rings. The Morgan fingerprint density at radius 3 is 2.58 bits per heavy atom. The molecule has 1 aliphatic carbocycles. The Morgan fingerprint density at radius 1 is 1.21 bits per heavy atom. The molecule has 0 amide bonds. The van der Waals surface area contributed by atoms with Crippen LogP contribution in [-0.2, 0) is 10.0 Å². The quantitative estimate of drug-likeness (QED) is 0.910. The summed E-state index contributed by atoms with van der Waals surface area (Å²) in [6.45, 7) is 2.85. The van der Waals surface area contributed by atoms with Gasteiger partial charge in [0.2, 0.25) is 10.0 Å². The predicted octanol–water partition coefficient (Wildman–Crippen LogP) is 1.53. The van der Waals surface area contributed by atoms with Crippen molar-refractivity contribution in [2.45, 2.75) is 30.7 Å². The van der Waals surface area contributed by atoms with Crippen molar-refractivity contribution in [2.75, 3.05) is 13.2 Å². The Morgan fingerprint density at radius 2 is 1.89 bits per heavy atom. The minimum Gasteiger partial charge on any atom is -0.486 e. The summed E-state index contributed by atoms with van der Waals surface area (Å²) < 4.78 is 38.0. The maximum atomic E-state index is 12.3. The van der Waals surface area contributed by atoms with Crippen LogP contribution in [0.4, 0.5) is 0 Å². The van der Waals surface area contributed by atoms with Crippen LogP contribution in [0.1, 0.15) is 19.8 Å². The van der Waals surface area contributed by atoms with Crippen LogP contribution in [0.3, 0.4) is 0 Å². The molecule has 1 atom stereocenters. The number of hydrogen-bond donors (Lipinski definition) is 1. The Kier molecular flexibility index (Phi) is 3.14. The molecule has 0 unspecified atom stereocenters. The van der Waals surface area contributed by atoms with Gasteiger partial charge in [-0.1, -0.05) is 0 Å². The van der Waals surface area contributed by atoms with Gasteiger partial charge in [0.25, 0.3) is 0 Å². The van der Waals surface area contributed by atoms with Crippen LogP contribution in [0.15, 0.2) is 23.1 Å². The van der Waals surface area contributed by atoms with Gasteiger partial charge in [0.1, 0.15) is 13.2 Å². The highest BCUT2D eigenvalue weighted by Crippen LogP contribution is 2.34. The van der Waals surface area contributed by atoms with E-state index in [1.807, 2.05) is 6.92 Å². The van der Waals surface area contributed by atoms with Crippen molar-refractivity contribution >= 4 is 10.0 Å². The summed E-state index contributed by atoms with van der Waals surface area (Å²) in [5.74, 6) is 1.57. The zero-order chi connectivity index (χ0) is 13.5. The molecule has 1 heterocycles. The van der Waals surface area contributed by atoms with Crippen molar-refractivity contribution in [3.8, 4) is 11.5 Å². The predicted molar refractivity (Wildman–Crippen MR) is 69.9 cm³/mol. The van der Waals surface area contributed by atoms with Crippen molar-refractivity contribution in [1.82, 2.24) is 4.72 Å². The summed E-state index contributed by atoms with van der Waals surface area (Å²) in [6.07, 6.45) is 2.20. The van der Waals surface area contributed by atoms with Gasteiger partial charge < -0.3 is 9.47 Å². The number of benzene rings is 1. The topological polar surface area (TPSA) is 64.6 Å². The van der Waals surface area contributed by atoms with Crippen LogP contribution in [0.25, 0.3) is 0 Å². The molecule has 1 aliphatic heterocycles. The average Bonchev–Trinajstić information content (AvgIpc) is 3.22. The third kappa shape index (κ3) is 2.69. The van der Waals surface area contributed by atoms with Gasteiger partial charge in [-0.15, -0.1) is 0 Å². The Bertz CT molecular complexity index is 580. The largest absolute Gasteiger partial charge is 0.486 e. The number of rotatable bonds is 4. The van der Waals surface area contributed by atoms with Crippen molar-refractivity contribution in [3.63, 3.8) is 0 Å². The molecular weight excluding hydrogens is 266 g/mol. The van der Waals surface area contributed by atoms with Gasteiger partial charge in [0.15, 0.2) is 11.5 Å². The summed E-state index contributed by atoms with van der Waals surface area (Å²) in [5.41, 5.74) is 0. The van der Waals surface area contributed by atoms with Gasteiger partial charge in [-0.25, -0.2) is 13.1 Å². The molecule has 0 aromatic heterocycles. The maximum absolute atomic E-state index is 12.3. The van der Waals surface area contributed by atoms with Crippen molar-refractivity contribution < 1.29 is 17.9 Å². The van der Waals surface area contributed by atoms with E-state index < -0.39 is 10.0 Å². The lowest BCUT2D eigenvalue weighted by molar-refractivity contribution is 0.171. The fourth-order valence-electron chi connectivity index (χ4n) is 2.20. The Balaban J connectivity index is 1.83. The minimum atomic E-state index is -3.48. The summed E-state index contributed by atoms with van der Waals surface area (Å²) >= 11 is 0. The Hall–Kier alpha value is -1.27. The molecule has 19 heavy (non-hydrogen) atoms. The van der Waals surface area contributed by atoms with E-state index >= 15 is 0 Å². The van der Waals surface area contributed by atoms with Gasteiger partial charge in [-0.2, -0.15) is 0 Å². The number of fused-ring (bicyclic) bond motifs is 1. The summed E-state index contributed by atoms with van der Waals surface area (Å²) in [5, 5.41) is 0. The number of hydrogen-bond acceptors (Lipinski definition) is 4. The standard InChI is InChI=1S/C13H17NO4S/c1-9(10-2-3-10)14-19(15,16)11-4-5-12-13(8-11)18-7-6-17-12/h4-5,8-10,14H,2-3,6-7H2,1H3/t9-/m0/s1. The van der Waals surface area contributed by atoms with Gasteiger partial charge in [0.05, 0.1) is 4.90 Å². The van der Waals surface area contributed by atoms with Crippen LogP contribution in [0.2, 0.25) is 0 Å². The van der Waals surface area contributed by atoms with Gasteiger partial charge in [-0.3, -0.25) is 0 Å². The van der Waals surface area contributed by atoms with E-state index in [2.05, 4.69) is 4.72 Å². The fourth-order valence-corrected chi connectivity index (χ4v) is 3.52. The average molecular weight is 283 g/mol. The van der Waals surface area contributed by atoms with Crippen LogP contribution < -0.4 is 14.2 Å². The molecule has 5 nitrogen and oxygen atoms in total. The van der Waals surface area contributed by atoms with E-state index in [1.54, 1.807) is 12.1 Å². The molecule has 0 radical (unpaired) electrons. The zero-order valence-corrected chi connectivity index (χ0v) is 11.6. The second-order valence-corrected chi connectivity index (χ2v) is 6.77. The zero-order valence-electron chi connectivity index (χ0n) is 10.8. The molecule has 1 aromatic carbocycles. The molecule has 1 fully saturated rings. The van der Waals surface area contributed by atoms with E-state index in [0.29, 0.717) is 30.6 Å². The first-order valence-corrected chi connectivity index (χ1v) is 7.96. The van der Waals surface area contributed by atoms with E-state index in [9.17, 15) is 8.42 Å². The molecule has 6 heteroatoms. The van der Waals surface area contributed by atoms with E-state index in [1.165, 1.54) is 6.07 Å². The van der Waals surface area contributed by atoms with E-state index in [4.69, 9.17) is 9.47 Å². The molecular formula is C13H17NO4S. The van der Waals surface area contributed by atoms with Crippen molar-refractivity contribution in [3.05, 3.63) is 18.2 Å². The van der Waals surface area contributed by atoms with Gasteiger partial charge >= 0.3 is 0 Å². The monoisotopic (exact) mass is 283 g/mol. The Labute approximate surface area is 113 Å². The van der Waals surface area contributed by atoms with Crippen molar-refractivity contribution in [2.24, 2.45) is 5.92 Å². The molecule has 1 aromatic rings. The van der Waals surface area contributed by atoms with Crippen LogP contribution in [0, 0.1) is 5.92 Å². The number of ether oxygens (including phenoxy) is 2. The third-order valence-electron chi connectivity index (χ3n) is 3.49. The number of sulfonamides is 1. The lowest BCUT2D eigenvalue weighted by Gasteiger charge is -2.19. The van der Waals surface area contributed by atoms with Gasteiger partial charge in [0, 0.05) is 12.1 Å². The first kappa shape index (κ1) is 12.7. The van der Waals surface area contributed by atoms with Crippen LogP contribution >= 0.6 is 0 Å². The highest BCUT2D eigenvalue weighted by molar-refractivity contribution is 7.89. The van der Waals surface area contributed by atoms with E-state index in [-0.39, 0.29) is 10.9 Å². The lowest BCUT2D eigenvalue weighted by Crippen LogP contribution is -2.34. The number of nitrogens with one attached hydrogen (secondary N) is 1. The third-order valence-corrected chi connectivity index (χ3v) is 5.05. The van der Waals surface area contributed by atoms with E-state index in [0.717, 1.165) is 12.8 Å². The fraction of sp³-hybridized carbons (Fsp3) is 0.538. The minimum absolute atomic E-state index is 0.0156. The summed E-state index contributed by atoms with van der Waals surface area (Å²) in [4.78, 5) is 0.226. The van der Waals surface area contributed by atoms with Crippen LogP contribution in [0.5, 0.6) is 11.5 Å².